The summed E-state index contributed by atoms with van der Waals surface area (Å²) in [5.74, 6) is 0.938. The molecule has 3 unspecified atom stereocenters. The number of carbonyl (C=O) groups excluding carboxylic acids is 1. The van der Waals surface area contributed by atoms with E-state index in [1.54, 1.807) is 12.4 Å². The lowest BCUT2D eigenvalue weighted by atomic mass is 9.97. The maximum Gasteiger partial charge on any atom is 0.253 e. The first kappa shape index (κ1) is 18.9. The largest absolute Gasteiger partial charge is 0.339 e. The molecule has 7 heteroatoms. The first-order valence-electron chi connectivity index (χ1n) is 11.3. The van der Waals surface area contributed by atoms with Gasteiger partial charge in [0.05, 0.1) is 5.69 Å². The maximum absolute atomic E-state index is 13.1. The summed E-state index contributed by atoms with van der Waals surface area (Å²) in [7, 11) is 3.89. The molecule has 2 aliphatic heterocycles. The van der Waals surface area contributed by atoms with Gasteiger partial charge in [0.25, 0.3) is 5.91 Å². The standard InChI is InChI=1S/C24H28N6O/c1-29(18-11-16-7-8-17(12-18)27-16)24(31)15-5-3-14(4-6-15)19-13-20(19)21-22-23(30(2)28-21)26-10-9-25-22/h3-6,9-10,16-20,27H,7-8,11-13H2,1-2H3/t16-,17+,18?,19?,20?. The van der Waals surface area contributed by atoms with Crippen molar-refractivity contribution in [3.05, 3.63) is 53.5 Å². The van der Waals surface area contributed by atoms with Crippen molar-refractivity contribution in [2.75, 3.05) is 7.05 Å². The van der Waals surface area contributed by atoms with Crippen molar-refractivity contribution in [1.29, 1.82) is 0 Å². The Kier molecular flexibility index (Phi) is 4.35. The Bertz CT molecular complexity index is 1130. The lowest BCUT2D eigenvalue weighted by molar-refractivity contribution is 0.0681. The van der Waals surface area contributed by atoms with Gasteiger partial charge in [0, 0.05) is 56.1 Å². The third-order valence-electron chi connectivity index (χ3n) is 7.53. The normalized spacial score (nSPS) is 29.3. The zero-order chi connectivity index (χ0) is 21.1. The molecule has 1 saturated carbocycles. The van der Waals surface area contributed by atoms with Gasteiger partial charge in [-0.3, -0.25) is 4.79 Å². The van der Waals surface area contributed by atoms with Gasteiger partial charge in [-0.05, 0) is 55.7 Å². The summed E-state index contributed by atoms with van der Waals surface area (Å²) in [6.45, 7) is 0. The molecule has 3 aromatic rings. The fourth-order valence-corrected chi connectivity index (χ4v) is 5.71. The number of fused-ring (bicyclic) bond motifs is 3. The Balaban J connectivity index is 1.16. The summed E-state index contributed by atoms with van der Waals surface area (Å²) < 4.78 is 1.82. The van der Waals surface area contributed by atoms with Gasteiger partial charge in [-0.2, -0.15) is 5.10 Å². The van der Waals surface area contributed by atoms with Crippen LogP contribution in [0.15, 0.2) is 36.7 Å². The summed E-state index contributed by atoms with van der Waals surface area (Å²) in [4.78, 5) is 24.0. The van der Waals surface area contributed by atoms with E-state index in [1.165, 1.54) is 18.4 Å². The van der Waals surface area contributed by atoms with Gasteiger partial charge >= 0.3 is 0 Å². The van der Waals surface area contributed by atoms with Gasteiger partial charge in [0.15, 0.2) is 5.65 Å². The topological polar surface area (TPSA) is 75.9 Å². The average molecular weight is 417 g/mol. The van der Waals surface area contributed by atoms with Gasteiger partial charge in [-0.1, -0.05) is 12.1 Å². The van der Waals surface area contributed by atoms with Crippen LogP contribution in [0.25, 0.3) is 11.2 Å². The van der Waals surface area contributed by atoms with E-state index in [0.717, 1.165) is 41.7 Å². The Morgan fingerprint density at radius 3 is 2.48 bits per heavy atom. The highest BCUT2D eigenvalue weighted by Crippen LogP contribution is 2.55. The van der Waals surface area contributed by atoms with Gasteiger partial charge < -0.3 is 10.2 Å². The number of nitrogens with one attached hydrogen (secondary N) is 1. The quantitative estimate of drug-likeness (QED) is 0.708. The highest BCUT2D eigenvalue weighted by molar-refractivity contribution is 5.94. The minimum atomic E-state index is 0.135. The summed E-state index contributed by atoms with van der Waals surface area (Å²) in [5.41, 5.74) is 4.83. The second-order valence-electron chi connectivity index (χ2n) is 9.49. The van der Waals surface area contributed by atoms with Crippen LogP contribution in [0.2, 0.25) is 0 Å². The molecule has 1 aromatic carbocycles. The van der Waals surface area contributed by atoms with Crippen LogP contribution in [0.4, 0.5) is 0 Å². The Morgan fingerprint density at radius 2 is 1.74 bits per heavy atom. The minimum absolute atomic E-state index is 0.135. The van der Waals surface area contributed by atoms with Crippen molar-refractivity contribution in [3.63, 3.8) is 0 Å². The van der Waals surface area contributed by atoms with E-state index in [-0.39, 0.29) is 5.91 Å². The Morgan fingerprint density at radius 1 is 1.03 bits per heavy atom. The maximum atomic E-state index is 13.1. The zero-order valence-corrected chi connectivity index (χ0v) is 18.0. The molecule has 6 rings (SSSR count). The number of amides is 1. The fourth-order valence-electron chi connectivity index (χ4n) is 5.71. The number of aromatic nitrogens is 4. The van der Waals surface area contributed by atoms with Crippen LogP contribution in [0, 0.1) is 0 Å². The van der Waals surface area contributed by atoms with E-state index >= 15 is 0 Å². The first-order chi connectivity index (χ1) is 15.1. The van der Waals surface area contributed by atoms with Crippen LogP contribution >= 0.6 is 0 Å². The van der Waals surface area contributed by atoms with E-state index in [1.807, 2.05) is 35.8 Å². The van der Waals surface area contributed by atoms with Crippen molar-refractivity contribution in [1.82, 2.24) is 30.0 Å². The molecule has 0 radical (unpaired) electrons. The third kappa shape index (κ3) is 3.22. The minimum Gasteiger partial charge on any atom is -0.339 e. The lowest BCUT2D eigenvalue weighted by Crippen LogP contribution is -2.48. The number of rotatable bonds is 4. The molecule has 160 valence electrons. The van der Waals surface area contributed by atoms with Crippen molar-refractivity contribution in [2.24, 2.45) is 7.05 Å². The molecule has 2 saturated heterocycles. The molecule has 7 nitrogen and oxygen atoms in total. The van der Waals surface area contributed by atoms with Gasteiger partial charge in [0.2, 0.25) is 0 Å². The fraction of sp³-hybridized carbons (Fsp3) is 0.500. The predicted octanol–water partition coefficient (Wildman–Crippen LogP) is 2.99. The highest BCUT2D eigenvalue weighted by atomic mass is 16.2. The molecule has 3 fully saturated rings. The van der Waals surface area contributed by atoms with Gasteiger partial charge in [0.1, 0.15) is 5.52 Å². The Hall–Kier alpha value is -2.80. The van der Waals surface area contributed by atoms with Crippen LogP contribution in [0.5, 0.6) is 0 Å². The smallest absolute Gasteiger partial charge is 0.253 e. The summed E-state index contributed by atoms with van der Waals surface area (Å²) in [5, 5.41) is 8.35. The van der Waals surface area contributed by atoms with E-state index in [9.17, 15) is 4.79 Å². The van der Waals surface area contributed by atoms with E-state index < -0.39 is 0 Å². The van der Waals surface area contributed by atoms with Crippen LogP contribution in [-0.2, 0) is 7.05 Å². The van der Waals surface area contributed by atoms with E-state index in [2.05, 4.69) is 27.4 Å². The molecule has 3 aliphatic rings. The third-order valence-corrected chi connectivity index (χ3v) is 7.53. The molecule has 1 aliphatic carbocycles. The molecule has 2 aromatic heterocycles. The van der Waals surface area contributed by atoms with E-state index in [0.29, 0.717) is 30.0 Å². The first-order valence-corrected chi connectivity index (χ1v) is 11.3. The molecular formula is C24H28N6O. The molecule has 2 bridgehead atoms. The number of piperidine rings is 1. The van der Waals surface area contributed by atoms with Crippen molar-refractivity contribution in [2.45, 2.75) is 62.1 Å². The molecule has 1 N–H and O–H groups in total. The average Bonchev–Trinajstić information content (AvgIpc) is 3.44. The molecule has 31 heavy (non-hydrogen) atoms. The monoisotopic (exact) mass is 416 g/mol. The van der Waals surface area contributed by atoms with Crippen molar-refractivity contribution >= 4 is 17.1 Å². The van der Waals surface area contributed by atoms with E-state index in [4.69, 9.17) is 5.10 Å². The summed E-state index contributed by atoms with van der Waals surface area (Å²) in [6, 6.07) is 9.74. The van der Waals surface area contributed by atoms with Gasteiger partial charge in [-0.25, -0.2) is 14.6 Å². The second kappa shape index (κ2) is 7.12. The lowest BCUT2D eigenvalue weighted by Gasteiger charge is -2.35. The SMILES string of the molecule is CN(C(=O)c1ccc(C2CC2c2nn(C)c3nccnc23)cc1)C1C[C@H]2CC[C@@H](C1)N2. The Labute approximate surface area is 181 Å². The zero-order valence-electron chi connectivity index (χ0n) is 18.0. The highest BCUT2D eigenvalue weighted by Gasteiger charge is 2.43. The van der Waals surface area contributed by atoms with Gasteiger partial charge in [-0.15, -0.1) is 0 Å². The molecule has 5 atom stereocenters. The summed E-state index contributed by atoms with van der Waals surface area (Å²) >= 11 is 0. The number of aryl methyl sites for hydroxylation is 1. The van der Waals surface area contributed by atoms with Crippen LogP contribution in [-0.4, -0.2) is 55.7 Å². The van der Waals surface area contributed by atoms with Crippen LogP contribution < -0.4 is 5.32 Å². The number of benzene rings is 1. The van der Waals surface area contributed by atoms with Crippen molar-refractivity contribution < 1.29 is 4.79 Å². The number of hydrogen-bond acceptors (Lipinski definition) is 5. The van der Waals surface area contributed by atoms with Crippen molar-refractivity contribution in [3.8, 4) is 0 Å². The number of carbonyl (C=O) groups is 1. The summed E-state index contributed by atoms with van der Waals surface area (Å²) in [6.07, 6.45) is 9.14. The number of hydrogen-bond donors (Lipinski definition) is 1. The van der Waals surface area contributed by atoms with Crippen LogP contribution in [0.1, 0.15) is 65.6 Å². The second-order valence-corrected chi connectivity index (χ2v) is 9.49. The van der Waals surface area contributed by atoms with Crippen LogP contribution in [0.3, 0.4) is 0 Å². The molecular weight excluding hydrogens is 388 g/mol. The number of nitrogens with zero attached hydrogens (tertiary/aromatic N) is 5. The predicted molar refractivity (Wildman–Crippen MR) is 118 cm³/mol. The molecule has 1 amide bonds. The molecule has 4 heterocycles. The molecule has 0 spiro atoms.